The minimum Gasteiger partial charge on any atom is -0.357 e. The van der Waals surface area contributed by atoms with E-state index in [0.29, 0.717) is 12.5 Å². The molecule has 0 saturated heterocycles. The van der Waals surface area contributed by atoms with Crippen molar-refractivity contribution in [2.45, 2.75) is 46.2 Å². The first kappa shape index (κ1) is 17.5. The Morgan fingerprint density at radius 2 is 1.96 bits per heavy atom. The van der Waals surface area contributed by atoms with Crippen molar-refractivity contribution in [1.82, 2.24) is 15.6 Å². The molecule has 0 aliphatic heterocycles. The number of rotatable bonds is 6. The van der Waals surface area contributed by atoms with E-state index in [1.807, 2.05) is 6.07 Å². The number of hydrogen-bond donors (Lipinski definition) is 2. The minimum atomic E-state index is 0.204. The first-order chi connectivity index (χ1) is 11.1. The monoisotopic (exact) mass is 330 g/mol. The topological polar surface area (TPSA) is 49.3 Å². The van der Waals surface area contributed by atoms with Crippen molar-refractivity contribution in [3.8, 4) is 0 Å². The highest BCUT2D eigenvalue weighted by atomic mass is 32.1. The van der Waals surface area contributed by atoms with Gasteiger partial charge in [0, 0.05) is 17.8 Å². The van der Waals surface area contributed by atoms with Crippen molar-refractivity contribution in [2.24, 2.45) is 4.99 Å². The highest BCUT2D eigenvalue weighted by Crippen LogP contribution is 2.19. The smallest absolute Gasteiger partial charge is 0.192 e. The molecule has 1 unspecified atom stereocenters. The molecule has 1 aromatic heterocycles. The first-order valence-corrected chi connectivity index (χ1v) is 9.02. The van der Waals surface area contributed by atoms with Crippen LogP contribution in [-0.4, -0.2) is 17.5 Å². The van der Waals surface area contributed by atoms with Gasteiger partial charge in [0.15, 0.2) is 5.96 Å². The number of nitrogens with one attached hydrogen (secondary N) is 2. The Labute approximate surface area is 143 Å². The van der Waals surface area contributed by atoms with Gasteiger partial charge in [-0.1, -0.05) is 44.2 Å². The zero-order valence-corrected chi connectivity index (χ0v) is 15.2. The fourth-order valence-electron chi connectivity index (χ4n) is 2.17. The van der Waals surface area contributed by atoms with E-state index in [2.05, 4.69) is 78.0 Å². The third kappa shape index (κ3) is 5.36. The van der Waals surface area contributed by atoms with E-state index in [0.717, 1.165) is 18.2 Å². The van der Waals surface area contributed by atoms with Crippen molar-refractivity contribution < 1.29 is 0 Å². The van der Waals surface area contributed by atoms with Crippen LogP contribution in [0.25, 0.3) is 0 Å². The first-order valence-electron chi connectivity index (χ1n) is 8.14. The quantitative estimate of drug-likeness (QED) is 0.620. The van der Waals surface area contributed by atoms with E-state index in [4.69, 9.17) is 0 Å². The van der Waals surface area contributed by atoms with Gasteiger partial charge in [-0.3, -0.25) is 0 Å². The predicted octanol–water partition coefficient (Wildman–Crippen LogP) is 4.08. The van der Waals surface area contributed by atoms with Crippen LogP contribution in [0.2, 0.25) is 0 Å². The highest BCUT2D eigenvalue weighted by Gasteiger charge is 2.08. The Balaban J connectivity index is 2.01. The summed E-state index contributed by atoms with van der Waals surface area (Å²) in [5.41, 5.74) is 2.28. The Kier molecular flexibility index (Phi) is 6.59. The molecule has 0 aliphatic rings. The SMILES string of the molecule is CCNC(=NCc1csc(C(C)C)n1)NC(C)c1ccccc1. The fourth-order valence-corrected chi connectivity index (χ4v) is 3.00. The molecule has 2 aromatic rings. The maximum absolute atomic E-state index is 4.66. The summed E-state index contributed by atoms with van der Waals surface area (Å²) < 4.78 is 0. The molecule has 23 heavy (non-hydrogen) atoms. The van der Waals surface area contributed by atoms with Crippen LogP contribution in [-0.2, 0) is 6.54 Å². The third-order valence-electron chi connectivity index (χ3n) is 3.46. The molecular formula is C18H26N4S. The van der Waals surface area contributed by atoms with E-state index in [1.165, 1.54) is 10.6 Å². The average molecular weight is 331 g/mol. The van der Waals surface area contributed by atoms with Crippen molar-refractivity contribution in [2.75, 3.05) is 6.54 Å². The number of thiazole rings is 1. The lowest BCUT2D eigenvalue weighted by atomic mass is 10.1. The summed E-state index contributed by atoms with van der Waals surface area (Å²) in [6, 6.07) is 10.6. The summed E-state index contributed by atoms with van der Waals surface area (Å²) in [6.45, 7) is 9.98. The van der Waals surface area contributed by atoms with E-state index < -0.39 is 0 Å². The van der Waals surface area contributed by atoms with Gasteiger partial charge < -0.3 is 10.6 Å². The maximum Gasteiger partial charge on any atom is 0.192 e. The van der Waals surface area contributed by atoms with Crippen LogP contribution in [0.15, 0.2) is 40.7 Å². The van der Waals surface area contributed by atoms with Gasteiger partial charge in [0.2, 0.25) is 0 Å². The Morgan fingerprint density at radius 3 is 2.57 bits per heavy atom. The molecule has 1 aromatic carbocycles. The Morgan fingerprint density at radius 1 is 1.22 bits per heavy atom. The number of hydrogen-bond acceptors (Lipinski definition) is 3. The lowest BCUT2D eigenvalue weighted by molar-refractivity contribution is 0.685. The zero-order valence-electron chi connectivity index (χ0n) is 14.3. The van der Waals surface area contributed by atoms with Gasteiger partial charge in [-0.05, 0) is 19.4 Å². The molecule has 0 spiro atoms. The Hall–Kier alpha value is -1.88. The number of nitrogens with zero attached hydrogens (tertiary/aromatic N) is 2. The van der Waals surface area contributed by atoms with Crippen LogP contribution in [0.5, 0.6) is 0 Å². The Bertz CT molecular complexity index is 619. The normalized spacial score (nSPS) is 13.2. The third-order valence-corrected chi connectivity index (χ3v) is 4.65. The van der Waals surface area contributed by atoms with E-state index in [1.54, 1.807) is 11.3 Å². The molecule has 0 radical (unpaired) electrons. The summed E-state index contributed by atoms with van der Waals surface area (Å²) in [5, 5.41) is 10.0. The summed E-state index contributed by atoms with van der Waals surface area (Å²) in [4.78, 5) is 9.30. The van der Waals surface area contributed by atoms with Crippen LogP contribution in [0.3, 0.4) is 0 Å². The summed E-state index contributed by atoms with van der Waals surface area (Å²) in [6.07, 6.45) is 0. The van der Waals surface area contributed by atoms with Crippen LogP contribution in [0.1, 0.15) is 55.9 Å². The molecule has 0 aliphatic carbocycles. The summed E-state index contributed by atoms with van der Waals surface area (Å²) >= 11 is 1.71. The van der Waals surface area contributed by atoms with Gasteiger partial charge in [0.25, 0.3) is 0 Å². The van der Waals surface area contributed by atoms with E-state index in [9.17, 15) is 0 Å². The minimum absolute atomic E-state index is 0.204. The van der Waals surface area contributed by atoms with Crippen LogP contribution >= 0.6 is 11.3 Å². The van der Waals surface area contributed by atoms with E-state index in [-0.39, 0.29) is 6.04 Å². The van der Waals surface area contributed by atoms with E-state index >= 15 is 0 Å². The van der Waals surface area contributed by atoms with Crippen molar-refractivity contribution in [1.29, 1.82) is 0 Å². The molecule has 0 amide bonds. The average Bonchev–Trinajstić information content (AvgIpc) is 3.03. The second-order valence-electron chi connectivity index (χ2n) is 5.80. The molecular weight excluding hydrogens is 304 g/mol. The van der Waals surface area contributed by atoms with Crippen molar-refractivity contribution in [3.63, 3.8) is 0 Å². The molecule has 2 N–H and O–H groups in total. The number of aromatic nitrogens is 1. The second kappa shape index (κ2) is 8.67. The largest absolute Gasteiger partial charge is 0.357 e. The zero-order chi connectivity index (χ0) is 16.7. The fraction of sp³-hybridized carbons (Fsp3) is 0.444. The molecule has 0 bridgehead atoms. The van der Waals surface area contributed by atoms with Crippen molar-refractivity contribution in [3.05, 3.63) is 52.0 Å². The molecule has 0 fully saturated rings. The van der Waals surface area contributed by atoms with Crippen LogP contribution in [0, 0.1) is 0 Å². The second-order valence-corrected chi connectivity index (χ2v) is 6.69. The van der Waals surface area contributed by atoms with Gasteiger partial charge in [0.1, 0.15) is 0 Å². The lowest BCUT2D eigenvalue weighted by Gasteiger charge is -2.18. The molecule has 5 heteroatoms. The molecule has 0 saturated carbocycles. The molecule has 1 atom stereocenters. The van der Waals surface area contributed by atoms with Gasteiger partial charge in [-0.15, -0.1) is 11.3 Å². The molecule has 2 rings (SSSR count). The molecule has 4 nitrogen and oxygen atoms in total. The van der Waals surface area contributed by atoms with Crippen LogP contribution in [0.4, 0.5) is 0 Å². The molecule has 124 valence electrons. The summed E-state index contributed by atoms with van der Waals surface area (Å²) in [5.74, 6) is 1.30. The maximum atomic E-state index is 4.66. The lowest BCUT2D eigenvalue weighted by Crippen LogP contribution is -2.38. The van der Waals surface area contributed by atoms with Crippen LogP contribution < -0.4 is 10.6 Å². The van der Waals surface area contributed by atoms with Gasteiger partial charge in [-0.2, -0.15) is 0 Å². The predicted molar refractivity (Wildman–Crippen MR) is 99.0 cm³/mol. The number of benzene rings is 1. The van der Waals surface area contributed by atoms with Gasteiger partial charge in [0.05, 0.1) is 23.3 Å². The van der Waals surface area contributed by atoms with Gasteiger partial charge in [-0.25, -0.2) is 9.98 Å². The van der Waals surface area contributed by atoms with Gasteiger partial charge >= 0.3 is 0 Å². The number of aliphatic imine (C=N–C) groups is 1. The summed E-state index contributed by atoms with van der Waals surface area (Å²) in [7, 11) is 0. The molecule has 1 heterocycles. The highest BCUT2D eigenvalue weighted by molar-refractivity contribution is 7.09. The standard InChI is InChI=1S/C18H26N4S/c1-5-19-18(21-14(4)15-9-7-6-8-10-15)20-11-16-12-23-17(22-16)13(2)3/h6-10,12-14H,5,11H2,1-4H3,(H2,19,20,21). The van der Waals surface area contributed by atoms with Crippen molar-refractivity contribution >= 4 is 17.3 Å². The number of guanidine groups is 1.